The molecule has 1 N–H and O–H groups in total. The SMILES string of the molecule is [C-]#[N+]c1nn(CC(=O)O)c2cnccc12. The normalized spacial score (nSPS) is 10.1. The van der Waals surface area contributed by atoms with E-state index < -0.39 is 5.97 Å². The van der Waals surface area contributed by atoms with Gasteiger partial charge in [-0.1, -0.05) is 6.57 Å². The van der Waals surface area contributed by atoms with Gasteiger partial charge in [0.1, 0.15) is 0 Å². The van der Waals surface area contributed by atoms with Crippen LogP contribution < -0.4 is 0 Å². The van der Waals surface area contributed by atoms with Crippen molar-refractivity contribution in [3.63, 3.8) is 0 Å². The summed E-state index contributed by atoms with van der Waals surface area (Å²) >= 11 is 0. The molecule has 0 amide bonds. The number of hydrogen-bond acceptors (Lipinski definition) is 3. The summed E-state index contributed by atoms with van der Waals surface area (Å²) in [7, 11) is 0. The minimum atomic E-state index is -1.00. The van der Waals surface area contributed by atoms with Crippen molar-refractivity contribution >= 4 is 22.7 Å². The molecule has 6 heteroatoms. The molecule has 15 heavy (non-hydrogen) atoms. The Morgan fingerprint density at radius 2 is 2.47 bits per heavy atom. The lowest BCUT2D eigenvalue weighted by molar-refractivity contribution is -0.137. The average molecular weight is 202 g/mol. The van der Waals surface area contributed by atoms with E-state index >= 15 is 0 Å². The summed E-state index contributed by atoms with van der Waals surface area (Å²) in [6.45, 7) is 6.64. The van der Waals surface area contributed by atoms with Gasteiger partial charge in [-0.25, -0.2) is 0 Å². The Hall–Kier alpha value is -2.42. The van der Waals surface area contributed by atoms with Crippen molar-refractivity contribution in [2.75, 3.05) is 0 Å². The molecule has 0 aliphatic rings. The molecule has 0 aliphatic carbocycles. The molecule has 0 saturated heterocycles. The Labute approximate surface area is 84.6 Å². The van der Waals surface area contributed by atoms with Crippen LogP contribution in [0.25, 0.3) is 15.7 Å². The molecule has 0 radical (unpaired) electrons. The fourth-order valence-electron chi connectivity index (χ4n) is 1.33. The number of fused-ring (bicyclic) bond motifs is 1. The Bertz CT molecular complexity index is 567. The van der Waals surface area contributed by atoms with Gasteiger partial charge in [0.2, 0.25) is 0 Å². The van der Waals surface area contributed by atoms with E-state index in [9.17, 15) is 4.79 Å². The maximum Gasteiger partial charge on any atom is 0.327 e. The summed E-state index contributed by atoms with van der Waals surface area (Å²) in [6, 6.07) is 1.65. The van der Waals surface area contributed by atoms with Gasteiger partial charge in [-0.05, 0) is 11.2 Å². The lowest BCUT2D eigenvalue weighted by Crippen LogP contribution is -2.09. The number of aliphatic carboxylic acids is 1. The van der Waals surface area contributed by atoms with Crippen LogP contribution in [0.2, 0.25) is 0 Å². The third-order valence-electron chi connectivity index (χ3n) is 1.93. The van der Waals surface area contributed by atoms with Crippen molar-refractivity contribution in [3.05, 3.63) is 29.9 Å². The summed E-state index contributed by atoms with van der Waals surface area (Å²) < 4.78 is 1.26. The van der Waals surface area contributed by atoms with Gasteiger partial charge in [0.05, 0.1) is 11.7 Å². The van der Waals surface area contributed by atoms with Crippen LogP contribution in [0.1, 0.15) is 0 Å². The van der Waals surface area contributed by atoms with E-state index in [1.807, 2.05) is 0 Å². The number of carboxylic acids is 1. The second-order valence-electron chi connectivity index (χ2n) is 2.88. The molecule has 0 bridgehead atoms. The molecule has 2 aromatic heterocycles. The molecule has 0 unspecified atom stereocenters. The van der Waals surface area contributed by atoms with Crippen LogP contribution in [-0.2, 0) is 11.3 Å². The Balaban J connectivity index is 2.66. The van der Waals surface area contributed by atoms with Gasteiger partial charge >= 0.3 is 11.8 Å². The molecular weight excluding hydrogens is 196 g/mol. The largest absolute Gasteiger partial charge is 0.480 e. The minimum Gasteiger partial charge on any atom is -0.480 e. The molecule has 74 valence electrons. The summed E-state index contributed by atoms with van der Waals surface area (Å²) in [5, 5.41) is 13.2. The fraction of sp³-hybridized carbons (Fsp3) is 0.111. The van der Waals surface area contributed by atoms with Crippen LogP contribution in [-0.4, -0.2) is 25.8 Å². The molecule has 0 saturated carbocycles. The molecule has 2 aromatic rings. The van der Waals surface area contributed by atoms with E-state index in [-0.39, 0.29) is 12.4 Å². The standard InChI is InChI=1S/C9H6N4O2/c1-10-9-6-2-3-11-4-7(6)13(12-9)5-8(14)15/h2-4H,5H2,(H,14,15). The zero-order chi connectivity index (χ0) is 10.8. The highest BCUT2D eigenvalue weighted by molar-refractivity contribution is 5.90. The van der Waals surface area contributed by atoms with E-state index in [1.54, 1.807) is 12.3 Å². The van der Waals surface area contributed by atoms with E-state index in [1.165, 1.54) is 10.9 Å². The first-order chi connectivity index (χ1) is 7.22. The van der Waals surface area contributed by atoms with Crippen molar-refractivity contribution in [1.82, 2.24) is 14.8 Å². The number of nitrogens with zero attached hydrogens (tertiary/aromatic N) is 4. The number of rotatable bonds is 2. The van der Waals surface area contributed by atoms with Crippen molar-refractivity contribution < 1.29 is 9.90 Å². The average Bonchev–Trinajstić information content (AvgIpc) is 2.56. The van der Waals surface area contributed by atoms with Crippen LogP contribution in [0.3, 0.4) is 0 Å². The number of hydrogen-bond donors (Lipinski definition) is 1. The first-order valence-corrected chi connectivity index (χ1v) is 4.12. The smallest absolute Gasteiger partial charge is 0.327 e. The highest BCUT2D eigenvalue weighted by atomic mass is 16.4. The molecule has 0 spiro atoms. The molecule has 0 fully saturated rings. The first-order valence-electron chi connectivity index (χ1n) is 4.12. The van der Waals surface area contributed by atoms with Gasteiger partial charge in [-0.15, -0.1) is 0 Å². The van der Waals surface area contributed by atoms with E-state index in [4.69, 9.17) is 11.7 Å². The van der Waals surface area contributed by atoms with Crippen molar-refractivity contribution in [3.8, 4) is 0 Å². The van der Waals surface area contributed by atoms with E-state index in [0.717, 1.165) is 0 Å². The van der Waals surface area contributed by atoms with Crippen LogP contribution in [0.5, 0.6) is 0 Å². The molecule has 0 atom stereocenters. The van der Waals surface area contributed by atoms with Crippen LogP contribution >= 0.6 is 0 Å². The lowest BCUT2D eigenvalue weighted by atomic mass is 10.3. The quantitative estimate of drug-likeness (QED) is 0.739. The Kier molecular flexibility index (Phi) is 2.06. The van der Waals surface area contributed by atoms with Gasteiger partial charge in [0.25, 0.3) is 0 Å². The first kappa shape index (κ1) is 9.15. The summed E-state index contributed by atoms with van der Waals surface area (Å²) in [5.41, 5.74) is 0.561. The third-order valence-corrected chi connectivity index (χ3v) is 1.93. The number of carbonyl (C=O) groups is 1. The van der Waals surface area contributed by atoms with Crippen molar-refractivity contribution in [2.45, 2.75) is 6.54 Å². The Morgan fingerprint density at radius 1 is 1.67 bits per heavy atom. The summed E-state index contributed by atoms with van der Waals surface area (Å²) in [6.07, 6.45) is 3.05. The van der Waals surface area contributed by atoms with E-state index in [0.29, 0.717) is 10.9 Å². The Morgan fingerprint density at radius 3 is 3.13 bits per heavy atom. The van der Waals surface area contributed by atoms with Crippen LogP contribution in [0.15, 0.2) is 18.5 Å². The third kappa shape index (κ3) is 1.50. The monoisotopic (exact) mass is 202 g/mol. The van der Waals surface area contributed by atoms with E-state index in [2.05, 4.69) is 14.9 Å². The minimum absolute atomic E-state index is 0.202. The predicted octanol–water partition coefficient (Wildman–Crippen LogP) is 1.07. The second-order valence-corrected chi connectivity index (χ2v) is 2.88. The van der Waals surface area contributed by atoms with Crippen LogP contribution in [0.4, 0.5) is 5.82 Å². The van der Waals surface area contributed by atoms with Gasteiger partial charge in [0.15, 0.2) is 6.54 Å². The number of pyridine rings is 1. The molecular formula is C9H6N4O2. The van der Waals surface area contributed by atoms with Crippen molar-refractivity contribution in [1.29, 1.82) is 0 Å². The second kappa shape index (κ2) is 3.38. The van der Waals surface area contributed by atoms with Gasteiger partial charge in [-0.3, -0.25) is 9.78 Å². The highest BCUT2D eigenvalue weighted by Crippen LogP contribution is 2.23. The topological polar surface area (TPSA) is 72.4 Å². The van der Waals surface area contributed by atoms with Gasteiger partial charge in [0, 0.05) is 11.6 Å². The van der Waals surface area contributed by atoms with Gasteiger partial charge in [-0.2, -0.15) is 4.68 Å². The van der Waals surface area contributed by atoms with Crippen LogP contribution in [0, 0.1) is 6.57 Å². The fourth-order valence-corrected chi connectivity index (χ4v) is 1.33. The number of carboxylic acid groups (broad SMARTS) is 1. The van der Waals surface area contributed by atoms with Crippen molar-refractivity contribution in [2.24, 2.45) is 0 Å². The summed E-state index contributed by atoms with van der Waals surface area (Å²) in [5.74, 6) is -0.798. The summed E-state index contributed by atoms with van der Waals surface area (Å²) in [4.78, 5) is 17.6. The molecule has 2 rings (SSSR count). The molecule has 0 aliphatic heterocycles. The maximum absolute atomic E-state index is 10.6. The number of aromatic nitrogens is 3. The zero-order valence-electron chi connectivity index (χ0n) is 7.58. The lowest BCUT2D eigenvalue weighted by Gasteiger charge is -1.93. The zero-order valence-corrected chi connectivity index (χ0v) is 7.58. The molecule has 2 heterocycles. The highest BCUT2D eigenvalue weighted by Gasteiger charge is 2.14. The predicted molar refractivity (Wildman–Crippen MR) is 51.4 cm³/mol. The molecule has 0 aromatic carbocycles. The maximum atomic E-state index is 10.6. The molecule has 6 nitrogen and oxygen atoms in total. The van der Waals surface area contributed by atoms with Gasteiger partial charge < -0.3 is 9.95 Å².